The molecule has 5 rings (SSSR count). The number of para-hydroxylation sites is 1. The predicted molar refractivity (Wildman–Crippen MR) is 162 cm³/mol. The lowest BCUT2D eigenvalue weighted by molar-refractivity contribution is 0.122. The number of hydrogen-bond acceptors (Lipinski definition) is 10. The number of anilines is 4. The molecule has 4 aromatic rings. The van der Waals surface area contributed by atoms with Crippen LogP contribution in [0.2, 0.25) is 10.0 Å². The molecule has 41 heavy (non-hydrogen) atoms. The lowest BCUT2D eigenvalue weighted by atomic mass is 10.2. The fourth-order valence-electron chi connectivity index (χ4n) is 3.98. The van der Waals surface area contributed by atoms with E-state index in [4.69, 9.17) is 37.4 Å². The number of aromatic nitrogens is 3. The van der Waals surface area contributed by atoms with Crippen molar-refractivity contribution in [1.82, 2.24) is 15.0 Å². The number of ether oxygens (including phenoxy) is 3. The Labute approximate surface area is 248 Å². The molecule has 1 aliphatic rings. The summed E-state index contributed by atoms with van der Waals surface area (Å²) in [6, 6.07) is 20.6. The molecule has 2 N–H and O–H groups in total. The number of morpholine rings is 1. The fourth-order valence-corrected chi connectivity index (χ4v) is 4.44. The zero-order valence-electron chi connectivity index (χ0n) is 22.4. The van der Waals surface area contributed by atoms with Crippen molar-refractivity contribution in [2.24, 2.45) is 5.10 Å². The van der Waals surface area contributed by atoms with Crippen molar-refractivity contribution in [1.29, 1.82) is 0 Å². The van der Waals surface area contributed by atoms with Gasteiger partial charge in [0.25, 0.3) is 0 Å². The lowest BCUT2D eigenvalue weighted by Crippen LogP contribution is -2.37. The Kier molecular flexibility index (Phi) is 9.69. The summed E-state index contributed by atoms with van der Waals surface area (Å²) in [6.45, 7) is 5.27. The van der Waals surface area contributed by atoms with E-state index < -0.39 is 0 Å². The molecule has 0 unspecified atom stereocenters. The zero-order chi connectivity index (χ0) is 28.4. The minimum absolute atomic E-state index is 0.273. The summed E-state index contributed by atoms with van der Waals surface area (Å²) in [5.74, 6) is 2.44. The summed E-state index contributed by atoms with van der Waals surface area (Å²) >= 11 is 12.3. The van der Waals surface area contributed by atoms with Gasteiger partial charge in [-0.1, -0.05) is 47.5 Å². The third-order valence-electron chi connectivity index (χ3n) is 5.99. The summed E-state index contributed by atoms with van der Waals surface area (Å²) in [5, 5.41) is 8.72. The van der Waals surface area contributed by atoms with Gasteiger partial charge >= 0.3 is 0 Å². The van der Waals surface area contributed by atoms with Crippen LogP contribution in [0.3, 0.4) is 0 Å². The minimum atomic E-state index is 0.273. The quantitative estimate of drug-likeness (QED) is 0.156. The van der Waals surface area contributed by atoms with Crippen molar-refractivity contribution in [3.8, 4) is 11.5 Å². The first-order valence-corrected chi connectivity index (χ1v) is 13.9. The average molecular weight is 595 g/mol. The van der Waals surface area contributed by atoms with Gasteiger partial charge in [0.1, 0.15) is 6.61 Å². The van der Waals surface area contributed by atoms with Gasteiger partial charge in [0.05, 0.1) is 26.0 Å². The maximum Gasteiger partial charge on any atom is 0.250 e. The van der Waals surface area contributed by atoms with E-state index in [1.807, 2.05) is 61.5 Å². The van der Waals surface area contributed by atoms with Gasteiger partial charge in [-0.3, -0.25) is 0 Å². The maximum absolute atomic E-state index is 6.29. The normalized spacial score (nSPS) is 13.3. The Balaban J connectivity index is 1.30. The van der Waals surface area contributed by atoms with Crippen molar-refractivity contribution in [3.63, 3.8) is 0 Å². The van der Waals surface area contributed by atoms with Crippen molar-refractivity contribution in [2.75, 3.05) is 48.6 Å². The Hall–Kier alpha value is -4.12. The highest BCUT2D eigenvalue weighted by molar-refractivity contribution is 6.35. The monoisotopic (exact) mass is 593 g/mol. The number of halogens is 2. The number of hydrazone groups is 1. The van der Waals surface area contributed by atoms with Crippen LogP contribution >= 0.6 is 23.2 Å². The van der Waals surface area contributed by atoms with Crippen molar-refractivity contribution < 1.29 is 14.2 Å². The molecule has 2 heterocycles. The molecule has 1 fully saturated rings. The number of benzene rings is 3. The van der Waals surface area contributed by atoms with Crippen LogP contribution in [-0.4, -0.2) is 54.1 Å². The molecule has 1 aliphatic heterocycles. The Morgan fingerprint density at radius 2 is 1.73 bits per heavy atom. The first kappa shape index (κ1) is 28.4. The first-order valence-electron chi connectivity index (χ1n) is 13.1. The molecule has 1 aromatic heterocycles. The molecule has 0 amide bonds. The summed E-state index contributed by atoms with van der Waals surface area (Å²) in [7, 11) is 0. The van der Waals surface area contributed by atoms with E-state index in [9.17, 15) is 0 Å². The van der Waals surface area contributed by atoms with E-state index in [0.717, 1.165) is 16.8 Å². The van der Waals surface area contributed by atoms with Gasteiger partial charge < -0.3 is 24.4 Å². The fraction of sp³-hybridized carbons (Fsp3) is 0.241. The van der Waals surface area contributed by atoms with Gasteiger partial charge in [-0.25, -0.2) is 5.43 Å². The highest BCUT2D eigenvalue weighted by Gasteiger charge is 2.17. The molecule has 0 aliphatic carbocycles. The minimum Gasteiger partial charge on any atom is -0.490 e. The smallest absolute Gasteiger partial charge is 0.250 e. The molecular weight excluding hydrogens is 565 g/mol. The third-order valence-corrected chi connectivity index (χ3v) is 6.58. The molecule has 0 bridgehead atoms. The van der Waals surface area contributed by atoms with Crippen LogP contribution in [0.4, 0.5) is 23.5 Å². The van der Waals surface area contributed by atoms with Gasteiger partial charge in [0, 0.05) is 34.4 Å². The summed E-state index contributed by atoms with van der Waals surface area (Å²) < 4.78 is 17.3. The van der Waals surface area contributed by atoms with Gasteiger partial charge in [0.15, 0.2) is 11.5 Å². The maximum atomic E-state index is 6.29. The van der Waals surface area contributed by atoms with Crippen LogP contribution in [-0.2, 0) is 11.3 Å². The van der Waals surface area contributed by atoms with Gasteiger partial charge in [-0.15, -0.1) is 0 Å². The molecular formula is C29H29Cl2N7O3. The topological polar surface area (TPSA) is 106 Å². The van der Waals surface area contributed by atoms with Gasteiger partial charge in [-0.2, -0.15) is 20.1 Å². The van der Waals surface area contributed by atoms with Crippen LogP contribution in [0.15, 0.2) is 71.8 Å². The number of nitrogens with zero attached hydrogens (tertiary/aromatic N) is 5. The Morgan fingerprint density at radius 1 is 0.927 bits per heavy atom. The van der Waals surface area contributed by atoms with E-state index >= 15 is 0 Å². The zero-order valence-corrected chi connectivity index (χ0v) is 23.9. The Bertz CT molecular complexity index is 1480. The van der Waals surface area contributed by atoms with E-state index in [1.54, 1.807) is 18.3 Å². The highest BCUT2D eigenvalue weighted by atomic mass is 35.5. The van der Waals surface area contributed by atoms with Crippen molar-refractivity contribution >= 4 is 52.9 Å². The Morgan fingerprint density at radius 3 is 2.51 bits per heavy atom. The molecule has 12 heteroatoms. The van der Waals surface area contributed by atoms with Crippen LogP contribution in [0.25, 0.3) is 0 Å². The second-order valence-corrected chi connectivity index (χ2v) is 9.75. The molecule has 0 saturated carbocycles. The summed E-state index contributed by atoms with van der Waals surface area (Å²) in [5.41, 5.74) is 5.42. The van der Waals surface area contributed by atoms with E-state index in [1.165, 1.54) is 0 Å². The highest BCUT2D eigenvalue weighted by Crippen LogP contribution is 2.30. The van der Waals surface area contributed by atoms with Gasteiger partial charge in [-0.05, 0) is 55.0 Å². The second-order valence-electron chi connectivity index (χ2n) is 8.91. The predicted octanol–water partition coefficient (Wildman–Crippen LogP) is 6.18. The SMILES string of the molecule is CCOc1cc(/C=N/Nc2nc(Nc3ccccc3)nc(N3CCOCC3)n2)ccc1OCc1ccc(Cl)cc1Cl. The first-order chi connectivity index (χ1) is 20.1. The molecule has 1 saturated heterocycles. The summed E-state index contributed by atoms with van der Waals surface area (Å²) in [4.78, 5) is 15.7. The number of hydrogen-bond donors (Lipinski definition) is 2. The average Bonchev–Trinajstić information content (AvgIpc) is 2.98. The van der Waals surface area contributed by atoms with Crippen LogP contribution in [0.5, 0.6) is 11.5 Å². The second kappa shape index (κ2) is 14.0. The van der Waals surface area contributed by atoms with E-state index in [-0.39, 0.29) is 6.61 Å². The summed E-state index contributed by atoms with van der Waals surface area (Å²) in [6.07, 6.45) is 1.66. The van der Waals surface area contributed by atoms with Crippen LogP contribution < -0.4 is 25.1 Å². The largest absolute Gasteiger partial charge is 0.490 e. The molecule has 0 spiro atoms. The van der Waals surface area contributed by atoms with E-state index in [2.05, 4.69) is 35.7 Å². The molecule has 0 atom stereocenters. The molecule has 10 nitrogen and oxygen atoms in total. The van der Waals surface area contributed by atoms with E-state index in [0.29, 0.717) is 72.3 Å². The molecule has 0 radical (unpaired) electrons. The van der Waals surface area contributed by atoms with Crippen LogP contribution in [0, 0.1) is 0 Å². The number of rotatable bonds is 11. The van der Waals surface area contributed by atoms with Crippen LogP contribution in [0.1, 0.15) is 18.1 Å². The molecule has 3 aromatic carbocycles. The molecule has 212 valence electrons. The van der Waals surface area contributed by atoms with Crippen molar-refractivity contribution in [3.05, 3.63) is 87.9 Å². The standard InChI is InChI=1S/C29H29Cl2N7O3/c1-2-40-26-16-20(8-11-25(26)41-19-21-9-10-22(30)17-24(21)31)18-32-37-28-34-27(33-23-6-4-3-5-7-23)35-29(36-28)38-12-14-39-15-13-38/h3-11,16-18H,2,12-15,19H2,1H3,(H2,33,34,35,36,37)/b32-18+. The third kappa shape index (κ3) is 7.97. The number of nitrogens with one attached hydrogen (secondary N) is 2. The van der Waals surface area contributed by atoms with Crippen molar-refractivity contribution in [2.45, 2.75) is 13.5 Å². The lowest BCUT2D eigenvalue weighted by Gasteiger charge is -2.27. The van der Waals surface area contributed by atoms with Gasteiger partial charge in [0.2, 0.25) is 17.8 Å².